The number of aromatic nitrogens is 2. The fourth-order valence-corrected chi connectivity index (χ4v) is 1.24. The molecule has 1 rings (SSSR count). The van der Waals surface area contributed by atoms with Gasteiger partial charge in [0.1, 0.15) is 0 Å². The van der Waals surface area contributed by atoms with Crippen molar-refractivity contribution in [1.82, 2.24) is 9.97 Å². The van der Waals surface area contributed by atoms with Crippen molar-refractivity contribution in [3.8, 4) is 0 Å². The molecule has 1 heterocycles. The van der Waals surface area contributed by atoms with E-state index in [-0.39, 0.29) is 0 Å². The first-order chi connectivity index (χ1) is 6.29. The van der Waals surface area contributed by atoms with Crippen LogP contribution in [0.2, 0.25) is 0 Å². The fourth-order valence-electron chi connectivity index (χ4n) is 0.632. The second-order valence-corrected chi connectivity index (χ2v) is 3.07. The average Bonchev–Trinajstić information content (AvgIpc) is 2.14. The summed E-state index contributed by atoms with van der Waals surface area (Å²) < 4.78 is 0. The summed E-state index contributed by atoms with van der Waals surface area (Å²) in [7, 11) is 0. The summed E-state index contributed by atoms with van der Waals surface area (Å²) in [4.78, 5) is 18.0. The van der Waals surface area contributed by atoms with Gasteiger partial charge in [-0.15, -0.1) is 0 Å². The number of thioether (sulfide) groups is 1. The minimum absolute atomic E-state index is 0.566. The maximum Gasteiger partial charge on any atom is 0.328 e. The van der Waals surface area contributed by atoms with Gasteiger partial charge in [0.25, 0.3) is 0 Å². The highest BCUT2D eigenvalue weighted by Crippen LogP contribution is 2.10. The fraction of sp³-hybridized carbons (Fsp3) is 0.125. The van der Waals surface area contributed by atoms with Gasteiger partial charge in [-0.1, -0.05) is 17.8 Å². The number of hydrogen-bond acceptors (Lipinski definition) is 4. The standard InChI is InChI=1S/C8H8N2O2S/c11-7(12)3-1-6-13-8-9-4-2-5-10-8/h1-5H,6H2,(H,11,12)/b3-1+. The molecule has 0 aliphatic rings. The lowest BCUT2D eigenvalue weighted by atomic mass is 10.5. The molecule has 1 aromatic rings. The molecule has 0 fully saturated rings. The second-order valence-electron chi connectivity index (χ2n) is 2.08. The predicted octanol–water partition coefficient (Wildman–Crippen LogP) is 1.21. The molecule has 68 valence electrons. The van der Waals surface area contributed by atoms with Crippen LogP contribution in [0.1, 0.15) is 0 Å². The molecule has 0 bridgehead atoms. The minimum atomic E-state index is -0.936. The molecule has 0 saturated heterocycles. The molecule has 0 atom stereocenters. The van der Waals surface area contributed by atoms with Gasteiger partial charge < -0.3 is 5.11 Å². The molecule has 0 unspecified atom stereocenters. The van der Waals surface area contributed by atoms with Gasteiger partial charge in [0, 0.05) is 24.2 Å². The third-order valence-corrected chi connectivity index (χ3v) is 1.94. The number of rotatable bonds is 4. The van der Waals surface area contributed by atoms with E-state index in [0.717, 1.165) is 6.08 Å². The van der Waals surface area contributed by atoms with Crippen LogP contribution in [0.3, 0.4) is 0 Å². The molecule has 0 amide bonds. The molecule has 0 aliphatic carbocycles. The van der Waals surface area contributed by atoms with Crippen molar-refractivity contribution in [2.75, 3.05) is 5.75 Å². The SMILES string of the molecule is O=C(O)/C=C/CSc1ncccn1. The Hall–Kier alpha value is -1.36. The molecule has 0 aliphatic heterocycles. The Morgan fingerprint density at radius 3 is 2.85 bits per heavy atom. The van der Waals surface area contributed by atoms with Crippen LogP contribution >= 0.6 is 11.8 Å². The highest BCUT2D eigenvalue weighted by molar-refractivity contribution is 7.99. The van der Waals surface area contributed by atoms with E-state index >= 15 is 0 Å². The van der Waals surface area contributed by atoms with Crippen molar-refractivity contribution < 1.29 is 9.90 Å². The van der Waals surface area contributed by atoms with Gasteiger partial charge >= 0.3 is 5.97 Å². The second kappa shape index (κ2) is 5.31. The van der Waals surface area contributed by atoms with Crippen molar-refractivity contribution in [2.24, 2.45) is 0 Å². The first kappa shape index (κ1) is 9.73. The quantitative estimate of drug-likeness (QED) is 0.445. The molecule has 4 nitrogen and oxygen atoms in total. The Labute approximate surface area is 79.7 Å². The molecular weight excluding hydrogens is 188 g/mol. The zero-order valence-corrected chi connectivity index (χ0v) is 7.57. The maximum atomic E-state index is 10.1. The van der Waals surface area contributed by atoms with Gasteiger partial charge in [0.05, 0.1) is 0 Å². The molecule has 1 aromatic heterocycles. The summed E-state index contributed by atoms with van der Waals surface area (Å²) in [6.07, 6.45) is 5.96. The first-order valence-corrected chi connectivity index (χ1v) is 4.57. The monoisotopic (exact) mass is 196 g/mol. The number of carbonyl (C=O) groups is 1. The van der Waals surface area contributed by atoms with Gasteiger partial charge in [0.2, 0.25) is 0 Å². The van der Waals surface area contributed by atoms with E-state index < -0.39 is 5.97 Å². The third kappa shape index (κ3) is 4.27. The number of carboxylic acid groups (broad SMARTS) is 1. The van der Waals surface area contributed by atoms with Crippen LogP contribution in [0.25, 0.3) is 0 Å². The topological polar surface area (TPSA) is 63.1 Å². The van der Waals surface area contributed by atoms with Crippen molar-refractivity contribution in [1.29, 1.82) is 0 Å². The Morgan fingerprint density at radius 2 is 2.23 bits per heavy atom. The van der Waals surface area contributed by atoms with Crippen molar-refractivity contribution >= 4 is 17.7 Å². The maximum absolute atomic E-state index is 10.1. The van der Waals surface area contributed by atoms with Crippen molar-refractivity contribution in [2.45, 2.75) is 5.16 Å². The lowest BCUT2D eigenvalue weighted by molar-refractivity contribution is -0.131. The normalized spacial score (nSPS) is 10.5. The Bertz CT molecular complexity index is 300. The van der Waals surface area contributed by atoms with E-state index in [1.807, 2.05) is 0 Å². The first-order valence-electron chi connectivity index (χ1n) is 3.58. The van der Waals surface area contributed by atoms with E-state index in [1.54, 1.807) is 24.5 Å². The van der Waals surface area contributed by atoms with Crippen LogP contribution in [0.4, 0.5) is 0 Å². The van der Waals surface area contributed by atoms with Gasteiger partial charge in [-0.25, -0.2) is 14.8 Å². The summed E-state index contributed by atoms with van der Waals surface area (Å²) in [5.74, 6) is -0.370. The molecule has 13 heavy (non-hydrogen) atoms. The van der Waals surface area contributed by atoms with E-state index in [2.05, 4.69) is 9.97 Å². The summed E-state index contributed by atoms with van der Waals surface area (Å²) in [6, 6.07) is 1.73. The average molecular weight is 196 g/mol. The third-order valence-electron chi connectivity index (χ3n) is 1.11. The van der Waals surface area contributed by atoms with Crippen LogP contribution < -0.4 is 0 Å². The summed E-state index contributed by atoms with van der Waals surface area (Å²) in [6.45, 7) is 0. The smallest absolute Gasteiger partial charge is 0.328 e. The summed E-state index contributed by atoms with van der Waals surface area (Å²) in [5, 5.41) is 8.93. The van der Waals surface area contributed by atoms with E-state index in [0.29, 0.717) is 10.9 Å². The largest absolute Gasteiger partial charge is 0.478 e. The molecule has 1 N–H and O–H groups in total. The molecule has 0 spiro atoms. The zero-order valence-electron chi connectivity index (χ0n) is 6.75. The van der Waals surface area contributed by atoms with Gasteiger partial charge in [-0.3, -0.25) is 0 Å². The lowest BCUT2D eigenvalue weighted by Gasteiger charge is -1.92. The number of carboxylic acids is 1. The Kier molecular flexibility index (Phi) is 3.98. The van der Waals surface area contributed by atoms with Crippen molar-refractivity contribution in [3.05, 3.63) is 30.6 Å². The van der Waals surface area contributed by atoms with E-state index in [4.69, 9.17) is 5.11 Å². The number of nitrogens with zero attached hydrogens (tertiary/aromatic N) is 2. The van der Waals surface area contributed by atoms with Crippen LogP contribution in [-0.2, 0) is 4.79 Å². The van der Waals surface area contributed by atoms with Crippen LogP contribution in [0.15, 0.2) is 35.8 Å². The van der Waals surface area contributed by atoms with Crippen LogP contribution in [-0.4, -0.2) is 26.8 Å². The van der Waals surface area contributed by atoms with Crippen LogP contribution in [0, 0.1) is 0 Å². The molecular formula is C8H8N2O2S. The van der Waals surface area contributed by atoms with Gasteiger partial charge in [-0.05, 0) is 6.07 Å². The minimum Gasteiger partial charge on any atom is -0.478 e. The van der Waals surface area contributed by atoms with Gasteiger partial charge in [-0.2, -0.15) is 0 Å². The summed E-state index contributed by atoms with van der Waals surface area (Å²) >= 11 is 1.39. The molecule has 0 radical (unpaired) electrons. The lowest BCUT2D eigenvalue weighted by Crippen LogP contribution is -1.87. The summed E-state index contributed by atoms with van der Waals surface area (Å²) in [5.41, 5.74) is 0. The molecule has 0 aromatic carbocycles. The van der Waals surface area contributed by atoms with Gasteiger partial charge in [0.15, 0.2) is 5.16 Å². The Balaban J connectivity index is 2.32. The predicted molar refractivity (Wildman–Crippen MR) is 49.5 cm³/mol. The Morgan fingerprint density at radius 1 is 1.54 bits per heavy atom. The van der Waals surface area contributed by atoms with Crippen LogP contribution in [0.5, 0.6) is 0 Å². The zero-order chi connectivity index (χ0) is 9.52. The van der Waals surface area contributed by atoms with E-state index in [1.165, 1.54) is 11.8 Å². The number of hydrogen-bond donors (Lipinski definition) is 1. The molecule has 5 heteroatoms. The van der Waals surface area contributed by atoms with E-state index in [9.17, 15) is 4.79 Å². The molecule has 0 saturated carbocycles. The number of aliphatic carboxylic acids is 1. The highest BCUT2D eigenvalue weighted by Gasteiger charge is 1.92. The highest BCUT2D eigenvalue weighted by atomic mass is 32.2. The van der Waals surface area contributed by atoms with Crippen molar-refractivity contribution in [3.63, 3.8) is 0 Å².